The molecule has 102 valence electrons. The van der Waals surface area contributed by atoms with E-state index in [9.17, 15) is 4.39 Å². The summed E-state index contributed by atoms with van der Waals surface area (Å²) in [6.45, 7) is 7.68. The highest BCUT2D eigenvalue weighted by Gasteiger charge is 2.11. The van der Waals surface area contributed by atoms with E-state index in [1.807, 2.05) is 0 Å². The predicted molar refractivity (Wildman–Crippen MR) is 79.3 cm³/mol. The van der Waals surface area contributed by atoms with Gasteiger partial charge in [0.2, 0.25) is 0 Å². The van der Waals surface area contributed by atoms with Crippen molar-refractivity contribution in [3.63, 3.8) is 0 Å². The van der Waals surface area contributed by atoms with Crippen molar-refractivity contribution in [3.8, 4) is 0 Å². The predicted octanol–water partition coefficient (Wildman–Crippen LogP) is 4.55. The molecule has 0 amide bonds. The summed E-state index contributed by atoms with van der Waals surface area (Å²) in [5.41, 5.74) is 1.06. The molecule has 1 aromatic carbocycles. The molecule has 0 aliphatic carbocycles. The minimum absolute atomic E-state index is 0.155. The molecule has 0 spiro atoms. The second-order valence-corrected chi connectivity index (χ2v) is 5.99. The largest absolute Gasteiger partial charge is 0.314 e. The van der Waals surface area contributed by atoms with Gasteiger partial charge in [0.05, 0.1) is 0 Å². The molecule has 0 bridgehead atoms. The Bertz CT molecular complexity index is 368. The van der Waals surface area contributed by atoms with Gasteiger partial charge in [-0.3, -0.25) is 0 Å². The highest BCUT2D eigenvalue weighted by molar-refractivity contribution is 9.10. The molecule has 0 saturated carbocycles. The van der Waals surface area contributed by atoms with E-state index in [0.29, 0.717) is 12.0 Å². The molecule has 2 atom stereocenters. The molecule has 0 aliphatic heterocycles. The van der Waals surface area contributed by atoms with Crippen molar-refractivity contribution in [2.24, 2.45) is 5.92 Å². The lowest BCUT2D eigenvalue weighted by atomic mass is 9.95. The molecule has 1 rings (SSSR count). The molecule has 0 saturated heterocycles. The lowest BCUT2D eigenvalue weighted by Crippen LogP contribution is -2.28. The maximum Gasteiger partial charge on any atom is 0.123 e. The SMILES string of the molecule is CCCNC(C)CC(C)Cc1cc(F)ccc1Br. The second kappa shape index (κ2) is 7.90. The van der Waals surface area contributed by atoms with Crippen LogP contribution in [0.3, 0.4) is 0 Å². The van der Waals surface area contributed by atoms with Crippen molar-refractivity contribution in [3.05, 3.63) is 34.1 Å². The first-order valence-electron chi connectivity index (χ1n) is 6.70. The first kappa shape index (κ1) is 15.6. The van der Waals surface area contributed by atoms with Crippen molar-refractivity contribution < 1.29 is 4.39 Å². The summed E-state index contributed by atoms with van der Waals surface area (Å²) in [4.78, 5) is 0. The maximum absolute atomic E-state index is 13.2. The molecule has 1 N–H and O–H groups in total. The van der Waals surface area contributed by atoms with E-state index in [4.69, 9.17) is 0 Å². The lowest BCUT2D eigenvalue weighted by molar-refractivity contribution is 0.419. The minimum atomic E-state index is -0.155. The van der Waals surface area contributed by atoms with Crippen LogP contribution < -0.4 is 5.32 Å². The van der Waals surface area contributed by atoms with Gasteiger partial charge in [-0.2, -0.15) is 0 Å². The van der Waals surface area contributed by atoms with Crippen molar-refractivity contribution >= 4 is 15.9 Å². The van der Waals surface area contributed by atoms with Gasteiger partial charge in [-0.25, -0.2) is 4.39 Å². The van der Waals surface area contributed by atoms with E-state index < -0.39 is 0 Å². The summed E-state index contributed by atoms with van der Waals surface area (Å²) in [6.07, 6.45) is 3.19. The number of benzene rings is 1. The Morgan fingerprint density at radius 2 is 2.06 bits per heavy atom. The fourth-order valence-corrected chi connectivity index (χ4v) is 2.64. The Morgan fingerprint density at radius 3 is 2.72 bits per heavy atom. The second-order valence-electron chi connectivity index (χ2n) is 5.14. The summed E-state index contributed by atoms with van der Waals surface area (Å²) in [6, 6.07) is 5.43. The van der Waals surface area contributed by atoms with Crippen LogP contribution in [-0.4, -0.2) is 12.6 Å². The average molecular weight is 316 g/mol. The van der Waals surface area contributed by atoms with Gasteiger partial charge in [-0.1, -0.05) is 29.8 Å². The van der Waals surface area contributed by atoms with Gasteiger partial charge in [0, 0.05) is 10.5 Å². The van der Waals surface area contributed by atoms with Crippen LogP contribution >= 0.6 is 15.9 Å². The molecule has 0 heterocycles. The summed E-state index contributed by atoms with van der Waals surface area (Å²) < 4.78 is 14.2. The molecule has 0 fully saturated rings. The first-order chi connectivity index (χ1) is 8.52. The van der Waals surface area contributed by atoms with Crippen molar-refractivity contribution in [2.75, 3.05) is 6.54 Å². The van der Waals surface area contributed by atoms with Crippen LogP contribution in [0.5, 0.6) is 0 Å². The van der Waals surface area contributed by atoms with Gasteiger partial charge in [0.1, 0.15) is 5.82 Å². The highest BCUT2D eigenvalue weighted by atomic mass is 79.9. The van der Waals surface area contributed by atoms with Crippen molar-refractivity contribution in [1.29, 1.82) is 0 Å². The van der Waals surface area contributed by atoms with Crippen LogP contribution in [0.15, 0.2) is 22.7 Å². The van der Waals surface area contributed by atoms with E-state index in [-0.39, 0.29) is 5.82 Å². The summed E-state index contributed by atoms with van der Waals surface area (Å²) in [7, 11) is 0. The van der Waals surface area contributed by atoms with Gasteiger partial charge in [-0.15, -0.1) is 0 Å². The first-order valence-corrected chi connectivity index (χ1v) is 7.49. The molecule has 3 heteroatoms. The lowest BCUT2D eigenvalue weighted by Gasteiger charge is -2.19. The zero-order chi connectivity index (χ0) is 13.5. The summed E-state index contributed by atoms with van der Waals surface area (Å²) >= 11 is 3.48. The van der Waals surface area contributed by atoms with Gasteiger partial charge in [0.15, 0.2) is 0 Å². The highest BCUT2D eigenvalue weighted by Crippen LogP contribution is 2.22. The number of nitrogens with one attached hydrogen (secondary N) is 1. The maximum atomic E-state index is 13.2. The molecule has 18 heavy (non-hydrogen) atoms. The number of rotatable bonds is 7. The zero-order valence-electron chi connectivity index (χ0n) is 11.5. The van der Waals surface area contributed by atoms with Crippen LogP contribution in [-0.2, 0) is 6.42 Å². The molecular formula is C15H23BrFN. The third-order valence-corrected chi connectivity index (χ3v) is 3.85. The van der Waals surface area contributed by atoms with E-state index in [2.05, 4.69) is 42.0 Å². The Hall–Kier alpha value is -0.410. The van der Waals surface area contributed by atoms with Gasteiger partial charge in [-0.05, 0) is 62.4 Å². The van der Waals surface area contributed by atoms with Crippen LogP contribution in [0.2, 0.25) is 0 Å². The normalized spacial score (nSPS) is 14.5. The molecule has 0 aromatic heterocycles. The molecular weight excluding hydrogens is 293 g/mol. The van der Waals surface area contributed by atoms with E-state index in [0.717, 1.165) is 35.8 Å². The van der Waals surface area contributed by atoms with Crippen LogP contribution in [0.25, 0.3) is 0 Å². The van der Waals surface area contributed by atoms with Gasteiger partial charge < -0.3 is 5.32 Å². The number of hydrogen-bond donors (Lipinski definition) is 1. The molecule has 2 unspecified atom stereocenters. The number of hydrogen-bond acceptors (Lipinski definition) is 1. The topological polar surface area (TPSA) is 12.0 Å². The van der Waals surface area contributed by atoms with Crippen LogP contribution in [0.4, 0.5) is 4.39 Å². The Kier molecular flexibility index (Phi) is 6.87. The fourth-order valence-electron chi connectivity index (χ4n) is 2.24. The third kappa shape index (κ3) is 5.49. The Morgan fingerprint density at radius 1 is 1.33 bits per heavy atom. The standard InChI is InChI=1S/C15H23BrFN/c1-4-7-18-12(3)8-11(2)9-13-10-14(17)5-6-15(13)16/h5-6,10-12,18H,4,7-9H2,1-3H3. The quantitative estimate of drug-likeness (QED) is 0.778. The van der Waals surface area contributed by atoms with E-state index in [1.165, 1.54) is 6.07 Å². The van der Waals surface area contributed by atoms with Crippen molar-refractivity contribution in [1.82, 2.24) is 5.32 Å². The smallest absolute Gasteiger partial charge is 0.123 e. The Labute approximate surface area is 118 Å². The number of halogens is 2. The Balaban J connectivity index is 2.48. The molecule has 0 radical (unpaired) electrons. The fraction of sp³-hybridized carbons (Fsp3) is 0.600. The molecule has 1 aromatic rings. The third-order valence-electron chi connectivity index (χ3n) is 3.07. The molecule has 0 aliphatic rings. The average Bonchev–Trinajstić information content (AvgIpc) is 2.31. The summed E-state index contributed by atoms with van der Waals surface area (Å²) in [5, 5.41) is 3.49. The summed E-state index contributed by atoms with van der Waals surface area (Å²) in [5.74, 6) is 0.389. The monoisotopic (exact) mass is 315 g/mol. The van der Waals surface area contributed by atoms with E-state index >= 15 is 0 Å². The van der Waals surface area contributed by atoms with Crippen LogP contribution in [0.1, 0.15) is 39.2 Å². The van der Waals surface area contributed by atoms with Crippen molar-refractivity contribution in [2.45, 2.75) is 46.1 Å². The minimum Gasteiger partial charge on any atom is -0.314 e. The molecule has 1 nitrogen and oxygen atoms in total. The zero-order valence-corrected chi connectivity index (χ0v) is 13.1. The van der Waals surface area contributed by atoms with Crippen LogP contribution in [0, 0.1) is 11.7 Å². The van der Waals surface area contributed by atoms with E-state index in [1.54, 1.807) is 12.1 Å². The van der Waals surface area contributed by atoms with Gasteiger partial charge in [0.25, 0.3) is 0 Å². The van der Waals surface area contributed by atoms with Gasteiger partial charge >= 0.3 is 0 Å².